The number of H-pyrrole nitrogens is 1. The van der Waals surface area contributed by atoms with Gasteiger partial charge in [0.05, 0.1) is 17.5 Å². The zero-order chi connectivity index (χ0) is 21.4. The Bertz CT molecular complexity index is 1410. The van der Waals surface area contributed by atoms with Gasteiger partial charge in [-0.25, -0.2) is 23.5 Å². The number of carbonyl (C=O) groups is 1. The highest BCUT2D eigenvalue weighted by molar-refractivity contribution is 7.14. The number of fused-ring (bicyclic) bond motifs is 1. The van der Waals surface area contributed by atoms with E-state index in [1.54, 1.807) is 0 Å². The van der Waals surface area contributed by atoms with Gasteiger partial charge in [-0.15, -0.1) is 11.3 Å². The van der Waals surface area contributed by atoms with Crippen LogP contribution in [0.25, 0.3) is 22.3 Å². The van der Waals surface area contributed by atoms with Crippen LogP contribution in [0.15, 0.2) is 45.4 Å². The molecule has 0 aliphatic carbocycles. The van der Waals surface area contributed by atoms with Crippen molar-refractivity contribution in [1.82, 2.24) is 19.5 Å². The lowest BCUT2D eigenvalue weighted by molar-refractivity contribution is -0.115. The van der Waals surface area contributed by atoms with Crippen molar-refractivity contribution in [2.75, 3.05) is 5.32 Å². The Balaban J connectivity index is 1.58. The van der Waals surface area contributed by atoms with Crippen LogP contribution in [-0.4, -0.2) is 25.4 Å². The second kappa shape index (κ2) is 7.59. The van der Waals surface area contributed by atoms with Crippen molar-refractivity contribution in [2.24, 2.45) is 7.05 Å². The summed E-state index contributed by atoms with van der Waals surface area (Å²) < 4.78 is 27.9. The third kappa shape index (κ3) is 3.62. The van der Waals surface area contributed by atoms with Crippen LogP contribution in [0.3, 0.4) is 0 Å². The Morgan fingerprint density at radius 1 is 1.27 bits per heavy atom. The van der Waals surface area contributed by atoms with Gasteiger partial charge in [-0.2, -0.15) is 0 Å². The standard InChI is InChI=1S/C19H13F2N5O3S/c1-26-17(28)15-9(4-5-22-16(15)25-19(26)29)6-14(27)24-18-23-13(8-30-18)11-3-2-10(20)7-12(11)21/h2-5,7-8H,6H2,1H3,(H,22,25,29)(H,23,24,27). The normalized spacial score (nSPS) is 11.0. The minimum Gasteiger partial charge on any atom is -0.302 e. The molecule has 3 heterocycles. The lowest BCUT2D eigenvalue weighted by atomic mass is 10.1. The zero-order valence-corrected chi connectivity index (χ0v) is 16.2. The third-order valence-electron chi connectivity index (χ3n) is 4.39. The molecular weight excluding hydrogens is 416 g/mol. The Morgan fingerprint density at radius 3 is 2.83 bits per heavy atom. The van der Waals surface area contributed by atoms with Gasteiger partial charge in [0.15, 0.2) is 5.13 Å². The first-order valence-electron chi connectivity index (χ1n) is 8.61. The van der Waals surface area contributed by atoms with E-state index in [4.69, 9.17) is 0 Å². The van der Waals surface area contributed by atoms with Crippen LogP contribution in [0.2, 0.25) is 0 Å². The molecule has 1 amide bonds. The van der Waals surface area contributed by atoms with Gasteiger partial charge in [0.2, 0.25) is 5.91 Å². The molecule has 1 aromatic carbocycles. The van der Waals surface area contributed by atoms with Crippen LogP contribution in [-0.2, 0) is 18.3 Å². The lowest BCUT2D eigenvalue weighted by Gasteiger charge is -2.06. The number of nitrogens with one attached hydrogen (secondary N) is 2. The minimum absolute atomic E-state index is 0.0942. The summed E-state index contributed by atoms with van der Waals surface area (Å²) in [6.07, 6.45) is 1.22. The van der Waals surface area contributed by atoms with Crippen LogP contribution in [0.4, 0.5) is 13.9 Å². The van der Waals surface area contributed by atoms with Gasteiger partial charge in [0.25, 0.3) is 5.56 Å². The first kappa shape index (κ1) is 19.6. The van der Waals surface area contributed by atoms with E-state index in [2.05, 4.69) is 20.3 Å². The first-order chi connectivity index (χ1) is 14.3. The molecule has 0 atom stereocenters. The zero-order valence-electron chi connectivity index (χ0n) is 15.4. The minimum atomic E-state index is -0.758. The maximum Gasteiger partial charge on any atom is 0.329 e. The Morgan fingerprint density at radius 2 is 2.07 bits per heavy atom. The number of pyridine rings is 1. The number of anilines is 1. The van der Waals surface area contributed by atoms with Gasteiger partial charge in [0.1, 0.15) is 17.3 Å². The predicted molar refractivity (Wildman–Crippen MR) is 107 cm³/mol. The van der Waals surface area contributed by atoms with Crippen LogP contribution < -0.4 is 16.6 Å². The van der Waals surface area contributed by atoms with E-state index in [9.17, 15) is 23.2 Å². The van der Waals surface area contributed by atoms with Crippen molar-refractivity contribution in [3.63, 3.8) is 0 Å². The molecule has 4 aromatic rings. The highest BCUT2D eigenvalue weighted by Gasteiger charge is 2.15. The first-order valence-corrected chi connectivity index (χ1v) is 9.49. The van der Waals surface area contributed by atoms with Gasteiger partial charge in [0, 0.05) is 30.3 Å². The van der Waals surface area contributed by atoms with Crippen molar-refractivity contribution in [3.05, 3.63) is 73.9 Å². The number of nitrogens with zero attached hydrogens (tertiary/aromatic N) is 3. The fourth-order valence-electron chi connectivity index (χ4n) is 2.92. The van der Waals surface area contributed by atoms with E-state index in [0.717, 1.165) is 28.0 Å². The molecule has 11 heteroatoms. The van der Waals surface area contributed by atoms with E-state index in [-0.39, 0.29) is 33.8 Å². The van der Waals surface area contributed by atoms with Crippen molar-refractivity contribution in [1.29, 1.82) is 0 Å². The molecule has 0 saturated heterocycles. The molecule has 0 bridgehead atoms. The van der Waals surface area contributed by atoms with E-state index in [1.165, 1.54) is 30.8 Å². The lowest BCUT2D eigenvalue weighted by Crippen LogP contribution is -2.33. The fourth-order valence-corrected chi connectivity index (χ4v) is 3.64. The number of carbonyl (C=O) groups excluding carboxylic acids is 1. The summed E-state index contributed by atoms with van der Waals surface area (Å²) in [6, 6.07) is 4.66. The average Bonchev–Trinajstić information content (AvgIpc) is 3.14. The van der Waals surface area contributed by atoms with E-state index < -0.39 is 28.8 Å². The largest absolute Gasteiger partial charge is 0.329 e. The molecule has 152 valence electrons. The molecule has 0 spiro atoms. The number of halogens is 2. The summed E-state index contributed by atoms with van der Waals surface area (Å²) in [6.45, 7) is 0. The predicted octanol–water partition coefficient (Wildman–Crippen LogP) is 2.20. The summed E-state index contributed by atoms with van der Waals surface area (Å²) in [4.78, 5) is 47.2. The maximum absolute atomic E-state index is 13.9. The highest BCUT2D eigenvalue weighted by atomic mass is 32.1. The van der Waals surface area contributed by atoms with Gasteiger partial charge in [-0.3, -0.25) is 19.1 Å². The number of benzene rings is 1. The molecule has 30 heavy (non-hydrogen) atoms. The quantitative estimate of drug-likeness (QED) is 0.517. The molecule has 0 unspecified atom stereocenters. The van der Waals surface area contributed by atoms with Crippen molar-refractivity contribution < 1.29 is 13.6 Å². The summed E-state index contributed by atoms with van der Waals surface area (Å²) >= 11 is 1.08. The number of thiazole rings is 1. The maximum atomic E-state index is 13.9. The number of aromatic amines is 1. The van der Waals surface area contributed by atoms with Crippen LogP contribution in [0.5, 0.6) is 0 Å². The van der Waals surface area contributed by atoms with E-state index >= 15 is 0 Å². The second-order valence-corrected chi connectivity index (χ2v) is 7.23. The van der Waals surface area contributed by atoms with Gasteiger partial charge in [-0.05, 0) is 23.8 Å². The molecule has 0 radical (unpaired) electrons. The number of hydrogen-bond donors (Lipinski definition) is 2. The van der Waals surface area contributed by atoms with E-state index in [0.29, 0.717) is 5.56 Å². The summed E-state index contributed by atoms with van der Waals surface area (Å²) in [5, 5.41) is 4.49. The summed E-state index contributed by atoms with van der Waals surface area (Å²) in [7, 11) is 1.32. The highest BCUT2D eigenvalue weighted by Crippen LogP contribution is 2.27. The molecule has 4 rings (SSSR count). The number of rotatable bonds is 4. The second-order valence-electron chi connectivity index (χ2n) is 6.38. The molecule has 2 N–H and O–H groups in total. The number of amides is 1. The molecule has 0 aliphatic rings. The number of aromatic nitrogens is 4. The third-order valence-corrected chi connectivity index (χ3v) is 5.15. The molecule has 0 fully saturated rings. The van der Waals surface area contributed by atoms with Crippen molar-refractivity contribution >= 4 is 33.4 Å². The van der Waals surface area contributed by atoms with E-state index in [1.807, 2.05) is 0 Å². The SMILES string of the molecule is Cn1c(=O)[nH]c2nccc(CC(=O)Nc3nc(-c4ccc(F)cc4F)cs3)c2c1=O. The Hall–Kier alpha value is -3.73. The van der Waals surface area contributed by atoms with Crippen molar-refractivity contribution in [3.8, 4) is 11.3 Å². The summed E-state index contributed by atoms with van der Waals surface area (Å²) in [5.74, 6) is -1.92. The van der Waals surface area contributed by atoms with Crippen molar-refractivity contribution in [2.45, 2.75) is 6.42 Å². The van der Waals surface area contributed by atoms with Gasteiger partial charge >= 0.3 is 5.69 Å². The van der Waals surface area contributed by atoms with Gasteiger partial charge in [-0.1, -0.05) is 0 Å². The summed E-state index contributed by atoms with van der Waals surface area (Å²) in [5.41, 5.74) is -0.320. The average molecular weight is 429 g/mol. The Labute approximate surface area is 170 Å². The fraction of sp³-hybridized carbons (Fsp3) is 0.105. The smallest absolute Gasteiger partial charge is 0.302 e. The monoisotopic (exact) mass is 429 g/mol. The van der Waals surface area contributed by atoms with Gasteiger partial charge < -0.3 is 5.32 Å². The molecule has 0 aliphatic heterocycles. The Kier molecular flexibility index (Phi) is 4.96. The van der Waals surface area contributed by atoms with Crippen LogP contribution in [0.1, 0.15) is 5.56 Å². The molecular formula is C19H13F2N5O3S. The molecule has 3 aromatic heterocycles. The number of hydrogen-bond acceptors (Lipinski definition) is 6. The molecule has 0 saturated carbocycles. The van der Waals surface area contributed by atoms with Crippen LogP contribution >= 0.6 is 11.3 Å². The molecule has 8 nitrogen and oxygen atoms in total. The topological polar surface area (TPSA) is 110 Å². The van der Waals surface area contributed by atoms with Crippen LogP contribution in [0, 0.1) is 11.6 Å².